The van der Waals surface area contributed by atoms with Crippen LogP contribution in [0.15, 0.2) is 53.6 Å². The van der Waals surface area contributed by atoms with Gasteiger partial charge in [-0.05, 0) is 51.1 Å². The Morgan fingerprint density at radius 2 is 1.83 bits per heavy atom. The molecule has 0 unspecified atom stereocenters. The number of carbonyl (C=O) groups excluding carboxylic acids is 2. The van der Waals surface area contributed by atoms with Crippen molar-refractivity contribution < 1.29 is 14.3 Å². The predicted octanol–water partition coefficient (Wildman–Crippen LogP) is 3.67. The third-order valence-corrected chi connectivity index (χ3v) is 4.39. The monoisotopic (exact) mass is 408 g/mol. The summed E-state index contributed by atoms with van der Waals surface area (Å²) < 4.78 is 6.98. The van der Waals surface area contributed by atoms with Gasteiger partial charge in [-0.15, -0.1) is 0 Å². The smallest absolute Gasteiger partial charge is 0.323 e. The van der Waals surface area contributed by atoms with Crippen molar-refractivity contribution in [3.8, 4) is 0 Å². The maximum Gasteiger partial charge on any atom is 0.323 e. The van der Waals surface area contributed by atoms with Crippen LogP contribution in [0.5, 0.6) is 0 Å². The van der Waals surface area contributed by atoms with Crippen molar-refractivity contribution in [3.05, 3.63) is 64.7 Å². The first-order chi connectivity index (χ1) is 14.3. The van der Waals surface area contributed by atoms with Gasteiger partial charge in [-0.2, -0.15) is 0 Å². The molecule has 3 rings (SSSR count). The van der Waals surface area contributed by atoms with E-state index >= 15 is 0 Å². The Labute approximate surface area is 173 Å². The number of ether oxygens (including phenoxy) is 1. The predicted molar refractivity (Wildman–Crippen MR) is 116 cm³/mol. The van der Waals surface area contributed by atoms with Gasteiger partial charge in [0.15, 0.2) is 5.78 Å². The number of rotatable bonds is 7. The highest BCUT2D eigenvalue weighted by atomic mass is 16.5. The molecule has 0 radical (unpaired) electrons. The Hall–Kier alpha value is -3.52. The molecule has 156 valence electrons. The Morgan fingerprint density at radius 3 is 2.53 bits per heavy atom. The number of aromatic nitrogens is 2. The van der Waals surface area contributed by atoms with Gasteiger partial charge in [0.05, 0.1) is 36.5 Å². The van der Waals surface area contributed by atoms with Gasteiger partial charge in [-0.25, -0.2) is 9.78 Å². The first-order valence-corrected chi connectivity index (χ1v) is 9.63. The minimum atomic E-state index is -0.482. The van der Waals surface area contributed by atoms with Crippen molar-refractivity contribution >= 4 is 34.1 Å². The summed E-state index contributed by atoms with van der Waals surface area (Å²) in [6.07, 6.45) is 1.58. The maximum absolute atomic E-state index is 12.7. The number of anilines is 2. The molecule has 0 aliphatic heterocycles. The minimum Gasteiger partial charge on any atom is -0.377 e. The van der Waals surface area contributed by atoms with Crippen LogP contribution in [-0.4, -0.2) is 34.1 Å². The number of hydrogen-bond acceptors (Lipinski definition) is 5. The average molecular weight is 408 g/mol. The van der Waals surface area contributed by atoms with Crippen molar-refractivity contribution in [2.24, 2.45) is 0 Å². The zero-order valence-electron chi connectivity index (χ0n) is 17.1. The fourth-order valence-corrected chi connectivity index (χ4v) is 2.89. The second-order valence-corrected chi connectivity index (χ2v) is 7.11. The molecular weight excluding hydrogens is 384 g/mol. The average Bonchev–Trinajstić information content (AvgIpc) is 2.70. The Balaban J connectivity index is 1.75. The summed E-state index contributed by atoms with van der Waals surface area (Å²) in [5.41, 5.74) is 1.80. The van der Waals surface area contributed by atoms with Gasteiger partial charge in [-0.1, -0.05) is 12.1 Å². The van der Waals surface area contributed by atoms with Gasteiger partial charge in [0.1, 0.15) is 0 Å². The fraction of sp³-hybridized carbons (Fsp3) is 0.273. The SMILES string of the molecule is CC(=O)c1cccc(NC(=O)Nc2ccc3ncn(CCOC(C)C)c(=O)c3c2)c1. The van der Waals surface area contributed by atoms with Crippen molar-refractivity contribution in [2.75, 3.05) is 17.2 Å². The molecule has 30 heavy (non-hydrogen) atoms. The van der Waals surface area contributed by atoms with E-state index in [-0.39, 0.29) is 17.4 Å². The summed E-state index contributed by atoms with van der Waals surface area (Å²) in [6, 6.07) is 11.1. The van der Waals surface area contributed by atoms with Gasteiger partial charge < -0.3 is 15.4 Å². The normalized spacial score (nSPS) is 10.9. The van der Waals surface area contributed by atoms with E-state index in [0.717, 1.165) is 0 Å². The number of ketones is 1. The molecule has 3 aromatic rings. The molecule has 1 aromatic heterocycles. The lowest BCUT2D eigenvalue weighted by molar-refractivity contribution is 0.0722. The number of carbonyl (C=O) groups is 2. The van der Waals surface area contributed by atoms with E-state index in [4.69, 9.17) is 4.74 Å². The molecule has 0 atom stereocenters. The van der Waals surface area contributed by atoms with Crippen molar-refractivity contribution in [2.45, 2.75) is 33.4 Å². The molecule has 0 bridgehead atoms. The van der Waals surface area contributed by atoms with Crippen LogP contribution in [0, 0.1) is 0 Å². The van der Waals surface area contributed by atoms with Crippen molar-refractivity contribution in [1.29, 1.82) is 0 Å². The standard InChI is InChI=1S/C22H24N4O4/c1-14(2)30-10-9-26-13-23-20-8-7-18(12-19(20)21(26)28)25-22(29)24-17-6-4-5-16(11-17)15(3)27/h4-8,11-14H,9-10H2,1-3H3,(H2,24,25,29). The molecule has 1 heterocycles. The summed E-state index contributed by atoms with van der Waals surface area (Å²) in [5, 5.41) is 5.78. The van der Waals surface area contributed by atoms with Gasteiger partial charge in [0.2, 0.25) is 0 Å². The molecular formula is C22H24N4O4. The van der Waals surface area contributed by atoms with Crippen LogP contribution in [0.3, 0.4) is 0 Å². The lowest BCUT2D eigenvalue weighted by atomic mass is 10.1. The van der Waals surface area contributed by atoms with E-state index in [1.54, 1.807) is 42.5 Å². The van der Waals surface area contributed by atoms with E-state index in [1.807, 2.05) is 13.8 Å². The minimum absolute atomic E-state index is 0.0829. The van der Waals surface area contributed by atoms with E-state index in [9.17, 15) is 14.4 Å². The Morgan fingerprint density at radius 1 is 1.10 bits per heavy atom. The first-order valence-electron chi connectivity index (χ1n) is 9.63. The van der Waals surface area contributed by atoms with E-state index in [0.29, 0.717) is 41.0 Å². The van der Waals surface area contributed by atoms with Crippen LogP contribution in [0.25, 0.3) is 10.9 Å². The third-order valence-electron chi connectivity index (χ3n) is 4.39. The molecule has 2 amide bonds. The molecule has 8 nitrogen and oxygen atoms in total. The van der Waals surface area contributed by atoms with Crippen LogP contribution < -0.4 is 16.2 Å². The second-order valence-electron chi connectivity index (χ2n) is 7.11. The molecule has 0 fully saturated rings. The number of hydrogen-bond donors (Lipinski definition) is 2. The Bertz CT molecular complexity index is 1140. The van der Waals surface area contributed by atoms with Crippen LogP contribution in [0.1, 0.15) is 31.1 Å². The molecule has 0 aliphatic rings. The second kappa shape index (κ2) is 9.32. The zero-order valence-corrected chi connectivity index (χ0v) is 17.1. The largest absolute Gasteiger partial charge is 0.377 e. The zero-order chi connectivity index (χ0) is 21.7. The molecule has 0 spiro atoms. The number of fused-ring (bicyclic) bond motifs is 1. The molecule has 2 aromatic carbocycles. The Kier molecular flexibility index (Phi) is 6.58. The summed E-state index contributed by atoms with van der Waals surface area (Å²) in [6.45, 7) is 6.13. The van der Waals surface area contributed by atoms with E-state index in [2.05, 4.69) is 15.6 Å². The fourth-order valence-electron chi connectivity index (χ4n) is 2.89. The van der Waals surface area contributed by atoms with E-state index in [1.165, 1.54) is 17.8 Å². The number of urea groups is 1. The molecule has 0 saturated heterocycles. The summed E-state index contributed by atoms with van der Waals surface area (Å²) >= 11 is 0. The highest BCUT2D eigenvalue weighted by Gasteiger charge is 2.09. The molecule has 0 saturated carbocycles. The van der Waals surface area contributed by atoms with E-state index < -0.39 is 6.03 Å². The maximum atomic E-state index is 12.7. The van der Waals surface area contributed by atoms with Crippen LogP contribution >= 0.6 is 0 Å². The van der Waals surface area contributed by atoms with Gasteiger partial charge >= 0.3 is 6.03 Å². The van der Waals surface area contributed by atoms with Crippen molar-refractivity contribution in [1.82, 2.24) is 9.55 Å². The highest BCUT2D eigenvalue weighted by molar-refractivity contribution is 6.02. The topological polar surface area (TPSA) is 102 Å². The number of nitrogens with zero attached hydrogens (tertiary/aromatic N) is 2. The first kappa shape index (κ1) is 21.2. The number of nitrogens with one attached hydrogen (secondary N) is 2. The number of benzene rings is 2. The van der Waals surface area contributed by atoms with Crippen LogP contribution in [0.4, 0.5) is 16.2 Å². The van der Waals surface area contributed by atoms with Gasteiger partial charge in [0.25, 0.3) is 5.56 Å². The molecule has 8 heteroatoms. The quantitative estimate of drug-likeness (QED) is 0.581. The van der Waals surface area contributed by atoms with Crippen molar-refractivity contribution in [3.63, 3.8) is 0 Å². The van der Waals surface area contributed by atoms with Crippen LogP contribution in [0.2, 0.25) is 0 Å². The number of Topliss-reactive ketones (excluding diaryl/α,β-unsaturated/α-hetero) is 1. The lowest BCUT2D eigenvalue weighted by Crippen LogP contribution is -2.24. The van der Waals surface area contributed by atoms with Gasteiger partial charge in [0, 0.05) is 16.9 Å². The summed E-state index contributed by atoms with van der Waals surface area (Å²) in [7, 11) is 0. The highest BCUT2D eigenvalue weighted by Crippen LogP contribution is 2.16. The van der Waals surface area contributed by atoms with Gasteiger partial charge in [-0.3, -0.25) is 14.2 Å². The third kappa shape index (κ3) is 5.30. The number of amides is 2. The van der Waals surface area contributed by atoms with Crippen LogP contribution in [-0.2, 0) is 11.3 Å². The molecule has 2 N–H and O–H groups in total. The lowest BCUT2D eigenvalue weighted by Gasteiger charge is -2.11. The molecule has 0 aliphatic carbocycles. The summed E-state index contributed by atoms with van der Waals surface area (Å²) in [4.78, 5) is 40.9. The summed E-state index contributed by atoms with van der Waals surface area (Å²) in [5.74, 6) is -0.0869.